The van der Waals surface area contributed by atoms with Crippen LogP contribution >= 0.6 is 0 Å². The molecule has 0 aliphatic rings. The van der Waals surface area contributed by atoms with Gasteiger partial charge in [0.05, 0.1) is 14.6 Å². The summed E-state index contributed by atoms with van der Waals surface area (Å²) in [7, 11) is 0. The van der Waals surface area contributed by atoms with E-state index in [9.17, 15) is 14.9 Å². The summed E-state index contributed by atoms with van der Waals surface area (Å²) in [6, 6.07) is -0.975. The van der Waals surface area contributed by atoms with E-state index in [2.05, 4.69) is 4.98 Å². The number of hydrogen-bond donors (Lipinski definition) is 1. The van der Waals surface area contributed by atoms with Gasteiger partial charge in [-0.05, 0) is 0 Å². The van der Waals surface area contributed by atoms with Crippen molar-refractivity contribution in [2.24, 2.45) is 0 Å². The van der Waals surface area contributed by atoms with E-state index in [0.717, 1.165) is 0 Å². The fourth-order valence-electron chi connectivity index (χ4n) is 0.499. The normalized spacial score (nSPS) is 12.8. The minimum Gasteiger partial charge on any atom is -0.478 e. The van der Waals surface area contributed by atoms with Crippen LogP contribution in [0.25, 0.3) is 0 Å². The topological polar surface area (TPSA) is 93.3 Å². The van der Waals surface area contributed by atoms with Crippen LogP contribution < -0.4 is 0 Å². The van der Waals surface area contributed by atoms with Crippen LogP contribution in [0.3, 0.4) is 0 Å². The van der Waals surface area contributed by atoms with E-state index in [1.807, 2.05) is 0 Å². The Labute approximate surface area is 70.8 Å². The molecule has 1 heterocycles. The minimum atomic E-state index is -1.65. The molecule has 1 aromatic heterocycles. The molecule has 0 bridgehead atoms. The average molecular weight is 171 g/mol. The van der Waals surface area contributed by atoms with Crippen molar-refractivity contribution in [3.63, 3.8) is 0 Å². The van der Waals surface area contributed by atoms with Crippen molar-refractivity contribution < 1.29 is 18.9 Å². The third kappa shape index (κ3) is 1.54. The molecule has 62 valence electrons. The highest BCUT2D eigenvalue weighted by Gasteiger charge is 2.10. The SMILES string of the molecule is [2H]c1nc([2H])c([N+](=O)[O-])c([2H])c1C(=O)O. The smallest absolute Gasteiger partial charge is 0.337 e. The maximum Gasteiger partial charge on any atom is 0.337 e. The van der Waals surface area contributed by atoms with E-state index >= 15 is 0 Å². The molecule has 0 spiro atoms. The molecular weight excluding hydrogens is 164 g/mol. The molecule has 0 fully saturated rings. The first-order chi connectivity index (χ1) is 6.86. The number of aromatic carboxylic acids is 1. The lowest BCUT2D eigenvalue weighted by Crippen LogP contribution is -1.98. The van der Waals surface area contributed by atoms with Crippen LogP contribution in [-0.2, 0) is 0 Å². The van der Waals surface area contributed by atoms with Crippen LogP contribution in [0.15, 0.2) is 18.4 Å². The van der Waals surface area contributed by atoms with Gasteiger partial charge in [0.1, 0.15) is 6.17 Å². The van der Waals surface area contributed by atoms with Crippen LogP contribution in [0.2, 0.25) is 0 Å². The molecule has 0 amide bonds. The van der Waals surface area contributed by atoms with Gasteiger partial charge in [0.25, 0.3) is 5.69 Å². The lowest BCUT2D eigenvalue weighted by Gasteiger charge is -1.92. The van der Waals surface area contributed by atoms with Crippen LogP contribution in [0.1, 0.15) is 14.5 Å². The Balaban J connectivity index is 3.64. The highest BCUT2D eigenvalue weighted by Crippen LogP contribution is 2.10. The second-order valence-corrected chi connectivity index (χ2v) is 1.75. The van der Waals surface area contributed by atoms with Crippen LogP contribution in [-0.4, -0.2) is 21.0 Å². The number of pyridine rings is 1. The maximum absolute atomic E-state index is 10.6. The minimum absolute atomic E-state index is 0.830. The molecule has 12 heavy (non-hydrogen) atoms. The van der Waals surface area contributed by atoms with Gasteiger partial charge in [-0.2, -0.15) is 0 Å². The largest absolute Gasteiger partial charge is 0.478 e. The summed E-state index contributed by atoms with van der Waals surface area (Å²) in [4.78, 5) is 23.0. The Bertz CT molecular complexity index is 424. The van der Waals surface area contributed by atoms with Gasteiger partial charge in [-0.15, -0.1) is 0 Å². The summed E-state index contributed by atoms with van der Waals surface area (Å²) < 4.78 is 21.3. The molecule has 0 atom stereocenters. The number of aromatic nitrogens is 1. The number of carboxylic acids is 1. The van der Waals surface area contributed by atoms with Crippen LogP contribution in [0, 0.1) is 10.1 Å². The predicted octanol–water partition coefficient (Wildman–Crippen LogP) is 0.688. The van der Waals surface area contributed by atoms with Gasteiger partial charge < -0.3 is 5.11 Å². The number of hydrogen-bond acceptors (Lipinski definition) is 4. The summed E-state index contributed by atoms with van der Waals surface area (Å²) in [5, 5.41) is 19.0. The van der Waals surface area contributed by atoms with Gasteiger partial charge in [0, 0.05) is 12.2 Å². The molecule has 0 saturated carbocycles. The van der Waals surface area contributed by atoms with Crippen LogP contribution in [0.5, 0.6) is 0 Å². The quantitative estimate of drug-likeness (QED) is 0.521. The molecule has 1 rings (SSSR count). The highest BCUT2D eigenvalue weighted by atomic mass is 16.6. The number of carboxylic acid groups (broad SMARTS) is 1. The fraction of sp³-hybridized carbons (Fsp3) is 0. The Kier molecular flexibility index (Phi) is 1.18. The summed E-state index contributed by atoms with van der Waals surface area (Å²) in [5.41, 5.74) is -1.89. The molecule has 6 nitrogen and oxygen atoms in total. The third-order valence-corrected chi connectivity index (χ3v) is 0.969. The van der Waals surface area contributed by atoms with Crippen molar-refractivity contribution in [3.05, 3.63) is 34.1 Å². The number of carbonyl (C=O) groups is 1. The first kappa shape index (κ1) is 4.81. The zero-order chi connectivity index (χ0) is 11.7. The van der Waals surface area contributed by atoms with E-state index < -0.39 is 40.5 Å². The first-order valence-electron chi connectivity index (χ1n) is 4.21. The van der Waals surface area contributed by atoms with Gasteiger partial charge in [-0.25, -0.2) is 4.79 Å². The molecular formula is C6H4N2O4. The van der Waals surface area contributed by atoms with Crippen molar-refractivity contribution >= 4 is 11.7 Å². The predicted molar refractivity (Wildman–Crippen MR) is 37.9 cm³/mol. The molecule has 0 unspecified atom stereocenters. The zero-order valence-corrected chi connectivity index (χ0v) is 5.57. The molecule has 0 saturated heterocycles. The van der Waals surface area contributed by atoms with Crippen LogP contribution in [0.4, 0.5) is 5.69 Å². The maximum atomic E-state index is 10.6. The molecule has 0 aliphatic heterocycles. The standard InChI is InChI=1S/C6H4N2O4/c9-6(10)4-1-5(8(11)12)3-7-2-4/h1-3H,(H,9,10)/i1D,2D,3D. The zero-order valence-electron chi connectivity index (χ0n) is 8.57. The number of rotatable bonds is 2. The lowest BCUT2D eigenvalue weighted by molar-refractivity contribution is -0.385. The second kappa shape index (κ2) is 2.95. The van der Waals surface area contributed by atoms with Crippen molar-refractivity contribution in [1.29, 1.82) is 0 Å². The van der Waals surface area contributed by atoms with Gasteiger partial charge in [-0.3, -0.25) is 15.1 Å². The summed E-state index contributed by atoms with van der Waals surface area (Å²) >= 11 is 0. The summed E-state index contributed by atoms with van der Waals surface area (Å²) in [6.45, 7) is 0. The van der Waals surface area contributed by atoms with E-state index in [1.54, 1.807) is 0 Å². The monoisotopic (exact) mass is 171 g/mol. The van der Waals surface area contributed by atoms with Gasteiger partial charge in [-0.1, -0.05) is 0 Å². The Hall–Kier alpha value is -1.98. The third-order valence-electron chi connectivity index (χ3n) is 0.969. The molecule has 1 N–H and O–H groups in total. The molecule has 6 heteroatoms. The van der Waals surface area contributed by atoms with E-state index in [-0.39, 0.29) is 0 Å². The van der Waals surface area contributed by atoms with Gasteiger partial charge >= 0.3 is 5.97 Å². The van der Waals surface area contributed by atoms with E-state index in [4.69, 9.17) is 9.22 Å². The second-order valence-electron chi connectivity index (χ2n) is 1.75. The van der Waals surface area contributed by atoms with E-state index in [1.165, 1.54) is 0 Å². The van der Waals surface area contributed by atoms with E-state index in [0.29, 0.717) is 0 Å². The molecule has 0 radical (unpaired) electrons. The van der Waals surface area contributed by atoms with Gasteiger partial charge in [0.2, 0.25) is 0 Å². The first-order valence-corrected chi connectivity index (χ1v) is 2.71. The Morgan fingerprint density at radius 2 is 2.42 bits per heavy atom. The van der Waals surface area contributed by atoms with Crippen molar-refractivity contribution in [2.75, 3.05) is 0 Å². The molecule has 0 aromatic carbocycles. The van der Waals surface area contributed by atoms with Crippen molar-refractivity contribution in [3.8, 4) is 0 Å². The lowest BCUT2D eigenvalue weighted by atomic mass is 10.3. The van der Waals surface area contributed by atoms with Crippen molar-refractivity contribution in [2.45, 2.75) is 0 Å². The van der Waals surface area contributed by atoms with Crippen molar-refractivity contribution in [1.82, 2.24) is 4.98 Å². The Morgan fingerprint density at radius 1 is 1.75 bits per heavy atom. The highest BCUT2D eigenvalue weighted by molar-refractivity contribution is 5.87. The summed E-state index contributed by atoms with van der Waals surface area (Å²) in [5.74, 6) is -1.65. The fourth-order valence-corrected chi connectivity index (χ4v) is 0.499. The summed E-state index contributed by atoms with van der Waals surface area (Å²) in [6.07, 6.45) is -1.72. The Morgan fingerprint density at radius 3 is 2.92 bits per heavy atom. The number of nitro groups is 1. The molecule has 1 aromatic rings. The molecule has 0 aliphatic carbocycles. The number of nitrogens with zero attached hydrogens (tertiary/aromatic N) is 2. The average Bonchev–Trinajstić information content (AvgIpc) is 1.99. The van der Waals surface area contributed by atoms with Gasteiger partial charge in [0.15, 0.2) is 0 Å².